The number of hydrogen-bond acceptors (Lipinski definition) is 3. The highest BCUT2D eigenvalue weighted by Gasteiger charge is 2.56. The quantitative estimate of drug-likeness (QED) is 0.222. The van der Waals surface area contributed by atoms with Gasteiger partial charge in [-0.25, -0.2) is 4.98 Å². The number of aromatic nitrogens is 1. The monoisotopic (exact) mass is 592 g/mol. The van der Waals surface area contributed by atoms with E-state index in [1.54, 1.807) is 0 Å². The summed E-state index contributed by atoms with van der Waals surface area (Å²) in [6, 6.07) is 35.4. The Kier molecular flexibility index (Phi) is 5.51. The van der Waals surface area contributed by atoms with Crippen LogP contribution in [0.25, 0.3) is 33.7 Å². The molecule has 2 aliphatic heterocycles. The molecule has 1 spiro atoms. The Labute approximate surface area is 269 Å². The van der Waals surface area contributed by atoms with E-state index in [-0.39, 0.29) is 23.4 Å². The minimum atomic E-state index is -0.309. The highest BCUT2D eigenvalue weighted by molar-refractivity contribution is 5.97. The molecule has 5 aromatic rings. The maximum absolute atomic E-state index is 6.90. The van der Waals surface area contributed by atoms with Gasteiger partial charge in [-0.1, -0.05) is 127 Å². The smallest absolute Gasteiger partial charge is 0.125 e. The van der Waals surface area contributed by atoms with Gasteiger partial charge in [0, 0.05) is 29.3 Å². The highest BCUT2D eigenvalue weighted by Crippen LogP contribution is 2.62. The lowest BCUT2D eigenvalue weighted by Gasteiger charge is -2.48. The molecule has 10 rings (SSSR count). The van der Waals surface area contributed by atoms with Gasteiger partial charge in [0.15, 0.2) is 0 Å². The molecule has 0 radical (unpaired) electrons. The number of fused-ring (bicyclic) bond motifs is 12. The lowest BCUT2D eigenvalue weighted by atomic mass is 9.59. The molecule has 0 amide bonds. The van der Waals surface area contributed by atoms with Crippen LogP contribution in [0.1, 0.15) is 34.4 Å². The maximum Gasteiger partial charge on any atom is 0.125 e. The molecule has 3 aliphatic carbocycles. The molecule has 3 atom stereocenters. The first-order valence-corrected chi connectivity index (χ1v) is 16.4. The number of benzene rings is 4. The van der Waals surface area contributed by atoms with Gasteiger partial charge < -0.3 is 10.1 Å². The molecule has 0 saturated heterocycles. The van der Waals surface area contributed by atoms with Crippen LogP contribution >= 0.6 is 0 Å². The molecule has 220 valence electrons. The molecule has 4 aromatic carbocycles. The SMILES string of the molecule is C1=CC(C2=CC3Oc4ccccc4C4(c5ccccc5-c5ccccc54)C3C=C2)CC(c2ccc3ccc4c(c3n2)NCC=C4)=C1. The van der Waals surface area contributed by atoms with E-state index in [2.05, 4.69) is 151 Å². The molecule has 0 saturated carbocycles. The van der Waals surface area contributed by atoms with E-state index in [0.717, 1.165) is 41.0 Å². The molecule has 1 N–H and O–H groups in total. The Balaban J connectivity index is 1.03. The van der Waals surface area contributed by atoms with Crippen LogP contribution in [0.2, 0.25) is 0 Å². The number of anilines is 1. The second-order valence-corrected chi connectivity index (χ2v) is 13.0. The summed E-state index contributed by atoms with van der Waals surface area (Å²) in [6.45, 7) is 0.833. The zero-order valence-corrected chi connectivity index (χ0v) is 25.4. The van der Waals surface area contributed by atoms with Gasteiger partial charge in [-0.2, -0.15) is 0 Å². The molecular weight excluding hydrogens is 560 g/mol. The first kappa shape index (κ1) is 25.9. The number of rotatable bonds is 2. The summed E-state index contributed by atoms with van der Waals surface area (Å²) in [5, 5.41) is 4.71. The number of para-hydroxylation sites is 1. The predicted molar refractivity (Wildman–Crippen MR) is 188 cm³/mol. The van der Waals surface area contributed by atoms with Crippen LogP contribution in [0.4, 0.5) is 5.69 Å². The van der Waals surface area contributed by atoms with Gasteiger partial charge in [0.25, 0.3) is 0 Å². The average molecular weight is 593 g/mol. The van der Waals surface area contributed by atoms with Crippen molar-refractivity contribution in [2.45, 2.75) is 17.9 Å². The van der Waals surface area contributed by atoms with Crippen molar-refractivity contribution in [1.82, 2.24) is 4.98 Å². The van der Waals surface area contributed by atoms with Crippen molar-refractivity contribution < 1.29 is 4.74 Å². The second kappa shape index (κ2) is 9.79. The summed E-state index contributed by atoms with van der Waals surface area (Å²) in [5.41, 5.74) is 13.4. The third-order valence-electron chi connectivity index (χ3n) is 10.7. The number of pyridine rings is 1. The predicted octanol–water partition coefficient (Wildman–Crippen LogP) is 9.52. The summed E-state index contributed by atoms with van der Waals surface area (Å²) in [6.07, 6.45) is 19.2. The van der Waals surface area contributed by atoms with Crippen molar-refractivity contribution >= 4 is 28.2 Å². The number of nitrogens with one attached hydrogen (secondary N) is 1. The Morgan fingerprint density at radius 2 is 1.52 bits per heavy atom. The molecule has 1 aromatic heterocycles. The van der Waals surface area contributed by atoms with Gasteiger partial charge in [0.2, 0.25) is 0 Å². The molecule has 0 bridgehead atoms. The minimum Gasteiger partial charge on any atom is -0.485 e. The number of nitrogens with zero attached hydrogens (tertiary/aromatic N) is 1. The van der Waals surface area contributed by atoms with E-state index in [4.69, 9.17) is 9.72 Å². The van der Waals surface area contributed by atoms with Gasteiger partial charge in [-0.15, -0.1) is 0 Å². The maximum atomic E-state index is 6.90. The molecule has 0 fully saturated rings. The zero-order chi connectivity index (χ0) is 30.2. The van der Waals surface area contributed by atoms with Gasteiger partial charge in [-0.3, -0.25) is 0 Å². The van der Waals surface area contributed by atoms with Crippen LogP contribution < -0.4 is 10.1 Å². The first-order valence-electron chi connectivity index (χ1n) is 16.4. The van der Waals surface area contributed by atoms with E-state index in [1.165, 1.54) is 44.5 Å². The van der Waals surface area contributed by atoms with E-state index >= 15 is 0 Å². The van der Waals surface area contributed by atoms with Crippen LogP contribution in [0.15, 0.2) is 145 Å². The summed E-state index contributed by atoms with van der Waals surface area (Å²) < 4.78 is 6.90. The number of ether oxygens (including phenoxy) is 1. The Hall–Kier alpha value is -5.41. The van der Waals surface area contributed by atoms with Crippen LogP contribution in [-0.2, 0) is 5.41 Å². The van der Waals surface area contributed by atoms with Gasteiger partial charge in [-0.05, 0) is 63.6 Å². The normalized spacial score (nSPS) is 22.5. The molecule has 3 heteroatoms. The van der Waals surface area contributed by atoms with Crippen molar-refractivity contribution in [3.05, 3.63) is 173 Å². The van der Waals surface area contributed by atoms with Gasteiger partial charge in [0.05, 0.1) is 22.3 Å². The Morgan fingerprint density at radius 3 is 2.37 bits per heavy atom. The molecule has 5 aliphatic rings. The lowest BCUT2D eigenvalue weighted by molar-refractivity contribution is 0.140. The largest absolute Gasteiger partial charge is 0.485 e. The second-order valence-electron chi connectivity index (χ2n) is 13.0. The van der Waals surface area contributed by atoms with E-state index < -0.39 is 0 Å². The molecule has 3 unspecified atom stereocenters. The fourth-order valence-corrected chi connectivity index (χ4v) is 8.71. The lowest BCUT2D eigenvalue weighted by Crippen LogP contribution is -2.48. The van der Waals surface area contributed by atoms with Gasteiger partial charge >= 0.3 is 0 Å². The fraction of sp³-hybridized carbons (Fsp3) is 0.140. The van der Waals surface area contributed by atoms with E-state index in [9.17, 15) is 0 Å². The Bertz CT molecular complexity index is 2200. The average Bonchev–Trinajstić information content (AvgIpc) is 3.42. The van der Waals surface area contributed by atoms with Crippen molar-refractivity contribution in [2.75, 3.05) is 11.9 Å². The van der Waals surface area contributed by atoms with Crippen LogP contribution in [-0.4, -0.2) is 17.6 Å². The Morgan fingerprint density at radius 1 is 0.761 bits per heavy atom. The summed E-state index contributed by atoms with van der Waals surface area (Å²) in [7, 11) is 0. The minimum absolute atomic E-state index is 0.0821. The van der Waals surface area contributed by atoms with E-state index in [0.29, 0.717) is 0 Å². The van der Waals surface area contributed by atoms with E-state index in [1.807, 2.05) is 0 Å². The number of hydrogen-bond donors (Lipinski definition) is 1. The topological polar surface area (TPSA) is 34.1 Å². The fourth-order valence-electron chi connectivity index (χ4n) is 8.71. The molecular formula is C43H32N2O. The van der Waals surface area contributed by atoms with Crippen molar-refractivity contribution in [3.63, 3.8) is 0 Å². The zero-order valence-electron chi connectivity index (χ0n) is 25.4. The molecule has 3 heterocycles. The molecule has 46 heavy (non-hydrogen) atoms. The molecule has 3 nitrogen and oxygen atoms in total. The third kappa shape index (κ3) is 3.57. The van der Waals surface area contributed by atoms with Crippen molar-refractivity contribution in [1.29, 1.82) is 0 Å². The van der Waals surface area contributed by atoms with Crippen LogP contribution in [0.5, 0.6) is 5.75 Å². The van der Waals surface area contributed by atoms with Crippen molar-refractivity contribution in [2.24, 2.45) is 11.8 Å². The van der Waals surface area contributed by atoms with Gasteiger partial charge in [0.1, 0.15) is 11.9 Å². The summed E-state index contributed by atoms with van der Waals surface area (Å²) in [5.74, 6) is 1.36. The third-order valence-corrected chi connectivity index (χ3v) is 10.7. The number of allylic oxidation sites excluding steroid dienone is 6. The summed E-state index contributed by atoms with van der Waals surface area (Å²) in [4.78, 5) is 5.21. The van der Waals surface area contributed by atoms with Crippen LogP contribution in [0, 0.1) is 11.8 Å². The van der Waals surface area contributed by atoms with Crippen LogP contribution in [0.3, 0.4) is 0 Å². The van der Waals surface area contributed by atoms with Crippen molar-refractivity contribution in [3.8, 4) is 16.9 Å². The summed E-state index contributed by atoms with van der Waals surface area (Å²) >= 11 is 0. The standard InChI is InChI=1S/C43H32N2O/c1-3-14-34-32(12-1)33-13-2-4-15-35(33)43(34)36-16-5-6-17-39(36)46-40-26-30(20-22-37(40)43)29-9-7-10-31(25-29)38-23-21-28-19-18-27-11-8-24-44-41(27)42(28)45-38/h1-23,26,29,37,40,44H,24-25H2. The highest BCUT2D eigenvalue weighted by atomic mass is 16.5. The first-order chi connectivity index (χ1) is 22.8.